The van der Waals surface area contributed by atoms with Gasteiger partial charge in [0, 0.05) is 0 Å². The number of aliphatic carboxylic acids is 1. The zero-order chi connectivity index (χ0) is 13.5. The fraction of sp³-hybridized carbons (Fsp3) is 0.909. The number of carbonyl (C=O) groups is 1. The Morgan fingerprint density at radius 2 is 1.71 bits per heavy atom. The van der Waals surface area contributed by atoms with E-state index in [1.807, 2.05) is 6.92 Å². The van der Waals surface area contributed by atoms with Crippen molar-refractivity contribution in [1.82, 2.24) is 5.32 Å². The van der Waals surface area contributed by atoms with Crippen LogP contribution in [0.1, 0.15) is 46.0 Å². The van der Waals surface area contributed by atoms with Crippen LogP contribution in [0.2, 0.25) is 0 Å². The van der Waals surface area contributed by atoms with Crippen molar-refractivity contribution in [1.29, 1.82) is 0 Å². The van der Waals surface area contributed by atoms with E-state index in [0.29, 0.717) is 13.3 Å². The van der Waals surface area contributed by atoms with Gasteiger partial charge in [0.2, 0.25) is 5.54 Å². The topological polar surface area (TPSA) is 49.3 Å². The van der Waals surface area contributed by atoms with Crippen LogP contribution in [0.5, 0.6) is 0 Å². The van der Waals surface area contributed by atoms with Crippen molar-refractivity contribution in [3.63, 3.8) is 0 Å². The van der Waals surface area contributed by atoms with Gasteiger partial charge in [-0.2, -0.15) is 13.2 Å². The first-order valence-corrected chi connectivity index (χ1v) is 5.81. The first-order valence-electron chi connectivity index (χ1n) is 5.81. The minimum absolute atomic E-state index is 0.0615. The van der Waals surface area contributed by atoms with Crippen molar-refractivity contribution in [3.8, 4) is 0 Å². The lowest BCUT2D eigenvalue weighted by Crippen LogP contribution is -2.60. The number of rotatable bonds is 8. The van der Waals surface area contributed by atoms with Crippen LogP contribution in [0.25, 0.3) is 0 Å². The molecule has 102 valence electrons. The van der Waals surface area contributed by atoms with Crippen LogP contribution in [0.4, 0.5) is 13.2 Å². The SMILES string of the molecule is CCCCCCCNC(C)(C(=O)O)C(F)(F)F. The molecule has 17 heavy (non-hydrogen) atoms. The Kier molecular flexibility index (Phi) is 6.52. The number of carboxylic acid groups (broad SMARTS) is 1. The van der Waals surface area contributed by atoms with E-state index >= 15 is 0 Å². The molecular formula is C11H20F3NO2. The molecule has 0 aliphatic heterocycles. The molecule has 0 heterocycles. The largest absolute Gasteiger partial charge is 0.480 e. The van der Waals surface area contributed by atoms with Gasteiger partial charge >= 0.3 is 12.1 Å². The van der Waals surface area contributed by atoms with Gasteiger partial charge in [-0.25, -0.2) is 4.79 Å². The molecule has 0 aromatic heterocycles. The van der Waals surface area contributed by atoms with Crippen LogP contribution in [0, 0.1) is 0 Å². The maximum absolute atomic E-state index is 12.5. The number of unbranched alkanes of at least 4 members (excludes halogenated alkanes) is 4. The van der Waals surface area contributed by atoms with Gasteiger partial charge in [0.05, 0.1) is 0 Å². The van der Waals surface area contributed by atoms with Crippen molar-refractivity contribution < 1.29 is 23.1 Å². The molecule has 0 radical (unpaired) electrons. The fourth-order valence-electron chi connectivity index (χ4n) is 1.36. The van der Waals surface area contributed by atoms with Gasteiger partial charge in [0.1, 0.15) is 0 Å². The van der Waals surface area contributed by atoms with Crippen molar-refractivity contribution in [2.24, 2.45) is 0 Å². The molecule has 0 spiro atoms. The molecule has 6 heteroatoms. The molecule has 0 rings (SSSR count). The molecule has 0 saturated carbocycles. The summed E-state index contributed by atoms with van der Waals surface area (Å²) in [5, 5.41) is 10.7. The molecular weight excluding hydrogens is 235 g/mol. The number of hydrogen-bond acceptors (Lipinski definition) is 2. The summed E-state index contributed by atoms with van der Waals surface area (Å²) >= 11 is 0. The van der Waals surface area contributed by atoms with Gasteiger partial charge in [0.15, 0.2) is 0 Å². The summed E-state index contributed by atoms with van der Waals surface area (Å²) in [7, 11) is 0. The Hall–Kier alpha value is -0.780. The number of carboxylic acids is 1. The molecule has 0 aromatic carbocycles. The predicted molar refractivity (Wildman–Crippen MR) is 58.9 cm³/mol. The second-order valence-electron chi connectivity index (χ2n) is 4.27. The number of halogens is 3. The Labute approximate surface area is 99.4 Å². The Bertz CT molecular complexity index is 243. The lowest BCUT2D eigenvalue weighted by molar-refractivity contribution is -0.205. The third kappa shape index (κ3) is 4.93. The van der Waals surface area contributed by atoms with Crippen molar-refractivity contribution in [3.05, 3.63) is 0 Å². The van der Waals surface area contributed by atoms with Crippen LogP contribution in [0.3, 0.4) is 0 Å². The van der Waals surface area contributed by atoms with Gasteiger partial charge in [-0.15, -0.1) is 0 Å². The van der Waals surface area contributed by atoms with Crippen LogP contribution in [-0.2, 0) is 4.79 Å². The number of hydrogen-bond donors (Lipinski definition) is 2. The van der Waals surface area contributed by atoms with Gasteiger partial charge in [0.25, 0.3) is 0 Å². The van der Waals surface area contributed by atoms with E-state index in [0.717, 1.165) is 25.7 Å². The first kappa shape index (κ1) is 16.2. The summed E-state index contributed by atoms with van der Waals surface area (Å²) in [5.74, 6) is -1.89. The molecule has 0 fully saturated rings. The number of nitrogens with one attached hydrogen (secondary N) is 1. The van der Waals surface area contributed by atoms with Crippen molar-refractivity contribution in [2.45, 2.75) is 57.7 Å². The molecule has 1 unspecified atom stereocenters. The highest BCUT2D eigenvalue weighted by molar-refractivity contribution is 5.79. The smallest absolute Gasteiger partial charge is 0.417 e. The van der Waals surface area contributed by atoms with E-state index < -0.39 is 17.7 Å². The zero-order valence-electron chi connectivity index (χ0n) is 10.2. The minimum atomic E-state index is -4.79. The summed E-state index contributed by atoms with van der Waals surface area (Å²) in [5.41, 5.74) is -2.85. The van der Waals surface area contributed by atoms with Crippen LogP contribution >= 0.6 is 0 Å². The van der Waals surface area contributed by atoms with E-state index in [1.54, 1.807) is 0 Å². The van der Waals surface area contributed by atoms with Crippen LogP contribution < -0.4 is 5.32 Å². The standard InChI is InChI=1S/C11H20F3NO2/c1-3-4-5-6-7-8-15-10(2,9(16)17)11(12,13)14/h15H,3-8H2,1-2H3,(H,16,17). The zero-order valence-corrected chi connectivity index (χ0v) is 10.2. The maximum Gasteiger partial charge on any atom is 0.417 e. The average molecular weight is 255 g/mol. The quantitative estimate of drug-likeness (QED) is 0.655. The van der Waals surface area contributed by atoms with Crippen molar-refractivity contribution >= 4 is 5.97 Å². The Morgan fingerprint density at radius 1 is 1.18 bits per heavy atom. The summed E-state index contributed by atoms with van der Waals surface area (Å²) < 4.78 is 37.6. The van der Waals surface area contributed by atoms with Gasteiger partial charge in [-0.1, -0.05) is 32.6 Å². The summed E-state index contributed by atoms with van der Waals surface area (Å²) in [6.45, 7) is 2.76. The van der Waals surface area contributed by atoms with Crippen LogP contribution in [0.15, 0.2) is 0 Å². The second kappa shape index (κ2) is 6.83. The van der Waals surface area contributed by atoms with E-state index in [1.165, 1.54) is 0 Å². The van der Waals surface area contributed by atoms with E-state index in [2.05, 4.69) is 5.32 Å². The molecule has 1 atom stereocenters. The third-order valence-electron chi connectivity index (χ3n) is 2.75. The predicted octanol–water partition coefficient (Wildman–Crippen LogP) is 2.95. The Morgan fingerprint density at radius 3 is 2.12 bits per heavy atom. The van der Waals surface area contributed by atoms with Gasteiger partial charge < -0.3 is 5.11 Å². The molecule has 0 aliphatic rings. The molecule has 0 bridgehead atoms. The molecule has 3 nitrogen and oxygen atoms in total. The van der Waals surface area contributed by atoms with Crippen molar-refractivity contribution in [2.75, 3.05) is 6.54 Å². The van der Waals surface area contributed by atoms with E-state index in [-0.39, 0.29) is 6.54 Å². The highest BCUT2D eigenvalue weighted by Gasteiger charge is 2.56. The minimum Gasteiger partial charge on any atom is -0.480 e. The second-order valence-corrected chi connectivity index (χ2v) is 4.27. The normalized spacial score (nSPS) is 15.6. The monoisotopic (exact) mass is 255 g/mol. The summed E-state index contributed by atoms with van der Waals surface area (Å²) in [6, 6.07) is 0. The fourth-order valence-corrected chi connectivity index (χ4v) is 1.36. The maximum atomic E-state index is 12.5. The first-order chi connectivity index (χ1) is 7.75. The van der Waals surface area contributed by atoms with E-state index in [9.17, 15) is 18.0 Å². The molecule has 0 saturated heterocycles. The Balaban J connectivity index is 4.09. The van der Waals surface area contributed by atoms with Crippen LogP contribution in [-0.4, -0.2) is 29.3 Å². The molecule has 0 amide bonds. The summed E-state index contributed by atoms with van der Waals surface area (Å²) in [4.78, 5) is 10.7. The average Bonchev–Trinajstić information content (AvgIpc) is 2.20. The highest BCUT2D eigenvalue weighted by atomic mass is 19.4. The molecule has 2 N–H and O–H groups in total. The highest BCUT2D eigenvalue weighted by Crippen LogP contribution is 2.30. The van der Waals surface area contributed by atoms with Gasteiger partial charge in [-0.05, 0) is 19.9 Å². The lowest BCUT2D eigenvalue weighted by atomic mass is 10.0. The lowest BCUT2D eigenvalue weighted by Gasteiger charge is -2.28. The third-order valence-corrected chi connectivity index (χ3v) is 2.75. The van der Waals surface area contributed by atoms with E-state index in [4.69, 9.17) is 5.11 Å². The summed E-state index contributed by atoms with van der Waals surface area (Å²) in [6.07, 6.45) is -0.345. The molecule has 0 aliphatic carbocycles. The number of alkyl halides is 3. The van der Waals surface area contributed by atoms with Gasteiger partial charge in [-0.3, -0.25) is 5.32 Å². The molecule has 0 aromatic rings.